The highest BCUT2D eigenvalue weighted by atomic mass is 79.9. The minimum absolute atomic E-state index is 0.227. The summed E-state index contributed by atoms with van der Waals surface area (Å²) < 4.78 is 29.0. The lowest BCUT2D eigenvalue weighted by atomic mass is 9.93. The number of anilines is 1. The Bertz CT molecular complexity index is 772. The van der Waals surface area contributed by atoms with Gasteiger partial charge < -0.3 is 0 Å². The predicted molar refractivity (Wildman–Crippen MR) is 99.6 cm³/mol. The van der Waals surface area contributed by atoms with Crippen LogP contribution in [-0.4, -0.2) is 8.42 Å². The van der Waals surface area contributed by atoms with Gasteiger partial charge in [0.15, 0.2) is 0 Å². The molecule has 0 radical (unpaired) electrons. The molecule has 0 unspecified atom stereocenters. The van der Waals surface area contributed by atoms with E-state index in [1.54, 1.807) is 24.3 Å². The lowest BCUT2D eigenvalue weighted by molar-refractivity contribution is 0.600. The van der Waals surface area contributed by atoms with Crippen molar-refractivity contribution >= 4 is 31.6 Å². The van der Waals surface area contributed by atoms with Crippen molar-refractivity contribution in [2.24, 2.45) is 0 Å². The van der Waals surface area contributed by atoms with E-state index in [2.05, 4.69) is 48.3 Å². The Hall–Kier alpha value is -1.33. The van der Waals surface area contributed by atoms with Crippen LogP contribution in [0.15, 0.2) is 51.8 Å². The summed E-state index contributed by atoms with van der Waals surface area (Å²) in [4.78, 5) is 0.244. The zero-order valence-electron chi connectivity index (χ0n) is 13.8. The average molecular weight is 396 g/mol. The molecule has 0 bridgehead atoms. The van der Waals surface area contributed by atoms with E-state index in [1.165, 1.54) is 0 Å². The topological polar surface area (TPSA) is 46.2 Å². The molecule has 3 nitrogen and oxygen atoms in total. The third kappa shape index (κ3) is 3.96. The second kappa shape index (κ2) is 7.05. The molecule has 23 heavy (non-hydrogen) atoms. The van der Waals surface area contributed by atoms with Crippen LogP contribution in [0.5, 0.6) is 0 Å². The van der Waals surface area contributed by atoms with Gasteiger partial charge in [-0.3, -0.25) is 4.72 Å². The van der Waals surface area contributed by atoms with Gasteiger partial charge in [0.05, 0.1) is 5.69 Å². The van der Waals surface area contributed by atoms with Crippen LogP contribution < -0.4 is 4.72 Å². The second-order valence-electron chi connectivity index (χ2n) is 6.16. The van der Waals surface area contributed by atoms with E-state index in [4.69, 9.17) is 0 Å². The molecule has 0 saturated heterocycles. The number of para-hydroxylation sites is 1. The van der Waals surface area contributed by atoms with Crippen molar-refractivity contribution in [3.8, 4) is 0 Å². The highest BCUT2D eigenvalue weighted by Crippen LogP contribution is 2.34. The van der Waals surface area contributed by atoms with E-state index in [1.807, 2.05) is 18.2 Å². The molecule has 0 aliphatic rings. The summed E-state index contributed by atoms with van der Waals surface area (Å²) in [6.07, 6.45) is 0. The predicted octanol–water partition coefficient (Wildman–Crippen LogP) is 5.50. The van der Waals surface area contributed by atoms with Gasteiger partial charge in [-0.2, -0.15) is 0 Å². The first-order valence-electron chi connectivity index (χ1n) is 7.64. The van der Waals surface area contributed by atoms with Gasteiger partial charge in [0.2, 0.25) is 0 Å². The first kappa shape index (κ1) is 18.0. The lowest BCUT2D eigenvalue weighted by Crippen LogP contribution is -2.17. The Balaban J connectivity index is 2.57. The third-order valence-electron chi connectivity index (χ3n) is 3.74. The van der Waals surface area contributed by atoms with Crippen molar-refractivity contribution < 1.29 is 8.42 Å². The standard InChI is InChI=1S/C18H22BrNO2S/c1-12(2)14-8-7-9-15(13(3)4)18(14)20-23(21,22)17-11-6-5-10-16(17)19/h5-13,20H,1-4H3. The molecule has 0 fully saturated rings. The minimum Gasteiger partial charge on any atom is -0.279 e. The van der Waals surface area contributed by atoms with Crippen LogP contribution in [0.2, 0.25) is 0 Å². The van der Waals surface area contributed by atoms with Crippen molar-refractivity contribution in [3.63, 3.8) is 0 Å². The van der Waals surface area contributed by atoms with E-state index in [0.717, 1.165) is 11.1 Å². The van der Waals surface area contributed by atoms with Crippen molar-refractivity contribution in [3.05, 3.63) is 58.1 Å². The summed E-state index contributed by atoms with van der Waals surface area (Å²) >= 11 is 3.32. The van der Waals surface area contributed by atoms with E-state index < -0.39 is 10.0 Å². The van der Waals surface area contributed by atoms with Crippen LogP contribution in [0, 0.1) is 0 Å². The molecule has 0 atom stereocenters. The number of benzene rings is 2. The van der Waals surface area contributed by atoms with Gasteiger partial charge in [-0.25, -0.2) is 8.42 Å². The molecule has 0 aromatic heterocycles. The molecule has 0 aliphatic carbocycles. The average Bonchev–Trinajstić information content (AvgIpc) is 2.46. The van der Waals surface area contributed by atoms with Crippen LogP contribution in [-0.2, 0) is 10.0 Å². The number of rotatable bonds is 5. The maximum atomic E-state index is 12.8. The molecular formula is C18H22BrNO2S. The van der Waals surface area contributed by atoms with Crippen LogP contribution in [0.3, 0.4) is 0 Å². The van der Waals surface area contributed by atoms with Crippen molar-refractivity contribution in [2.75, 3.05) is 4.72 Å². The molecule has 5 heteroatoms. The Morgan fingerprint density at radius 2 is 1.39 bits per heavy atom. The largest absolute Gasteiger partial charge is 0.279 e. The van der Waals surface area contributed by atoms with Crippen LogP contribution in [0.1, 0.15) is 50.7 Å². The molecule has 124 valence electrons. The quantitative estimate of drug-likeness (QED) is 0.726. The van der Waals surface area contributed by atoms with Gasteiger partial charge in [0.25, 0.3) is 10.0 Å². The Labute approximate surface area is 147 Å². The molecule has 0 aliphatic heterocycles. The van der Waals surface area contributed by atoms with Crippen molar-refractivity contribution in [1.29, 1.82) is 0 Å². The number of nitrogens with one attached hydrogen (secondary N) is 1. The monoisotopic (exact) mass is 395 g/mol. The summed E-state index contributed by atoms with van der Waals surface area (Å²) in [7, 11) is -3.65. The van der Waals surface area contributed by atoms with E-state index >= 15 is 0 Å². The highest BCUT2D eigenvalue weighted by Gasteiger charge is 2.22. The lowest BCUT2D eigenvalue weighted by Gasteiger charge is -2.21. The first-order valence-corrected chi connectivity index (χ1v) is 9.91. The molecule has 2 aromatic carbocycles. The Morgan fingerprint density at radius 1 is 0.870 bits per heavy atom. The van der Waals surface area contributed by atoms with E-state index in [0.29, 0.717) is 10.2 Å². The molecule has 0 saturated carbocycles. The SMILES string of the molecule is CC(C)c1cccc(C(C)C)c1NS(=O)(=O)c1ccccc1Br. The van der Waals surface area contributed by atoms with Crippen molar-refractivity contribution in [2.45, 2.75) is 44.4 Å². The van der Waals surface area contributed by atoms with Gasteiger partial charge in [0.1, 0.15) is 4.90 Å². The van der Waals surface area contributed by atoms with E-state index in [-0.39, 0.29) is 16.7 Å². The zero-order chi connectivity index (χ0) is 17.2. The van der Waals surface area contributed by atoms with Gasteiger partial charge >= 0.3 is 0 Å². The van der Waals surface area contributed by atoms with Gasteiger partial charge in [-0.05, 0) is 51.0 Å². The summed E-state index contributed by atoms with van der Waals surface area (Å²) in [6, 6.07) is 12.8. The normalized spacial score (nSPS) is 12.0. The highest BCUT2D eigenvalue weighted by molar-refractivity contribution is 9.10. The second-order valence-corrected chi connectivity index (χ2v) is 8.66. The summed E-state index contributed by atoms with van der Waals surface area (Å²) in [6.45, 7) is 8.26. The zero-order valence-corrected chi connectivity index (χ0v) is 16.2. The van der Waals surface area contributed by atoms with Crippen LogP contribution in [0.25, 0.3) is 0 Å². The third-order valence-corrected chi connectivity index (χ3v) is 6.10. The first-order chi connectivity index (χ1) is 10.7. The maximum Gasteiger partial charge on any atom is 0.263 e. The fourth-order valence-electron chi connectivity index (χ4n) is 2.52. The number of hydrogen-bond donors (Lipinski definition) is 1. The fraction of sp³-hybridized carbons (Fsp3) is 0.333. The fourth-order valence-corrected chi connectivity index (χ4v) is 4.64. The molecule has 0 amide bonds. The molecule has 1 N–H and O–H groups in total. The Kier molecular flexibility index (Phi) is 5.53. The number of sulfonamides is 1. The molecule has 2 aromatic rings. The Morgan fingerprint density at radius 3 is 1.87 bits per heavy atom. The van der Waals surface area contributed by atoms with Gasteiger partial charge in [-0.15, -0.1) is 0 Å². The van der Waals surface area contributed by atoms with E-state index in [9.17, 15) is 8.42 Å². The minimum atomic E-state index is -3.65. The molecule has 2 rings (SSSR count). The molecular weight excluding hydrogens is 374 g/mol. The summed E-state index contributed by atoms with van der Waals surface area (Å²) in [5, 5.41) is 0. The summed E-state index contributed by atoms with van der Waals surface area (Å²) in [5.74, 6) is 0.455. The van der Waals surface area contributed by atoms with Gasteiger partial charge in [-0.1, -0.05) is 58.0 Å². The summed E-state index contributed by atoms with van der Waals surface area (Å²) in [5.41, 5.74) is 2.71. The smallest absolute Gasteiger partial charge is 0.263 e. The van der Waals surface area contributed by atoms with Gasteiger partial charge in [0, 0.05) is 4.47 Å². The molecule has 0 heterocycles. The number of halogens is 1. The molecule has 0 spiro atoms. The van der Waals surface area contributed by atoms with Crippen LogP contribution >= 0.6 is 15.9 Å². The number of hydrogen-bond acceptors (Lipinski definition) is 2. The van der Waals surface area contributed by atoms with Crippen LogP contribution in [0.4, 0.5) is 5.69 Å². The maximum absolute atomic E-state index is 12.8. The van der Waals surface area contributed by atoms with Crippen molar-refractivity contribution in [1.82, 2.24) is 0 Å².